The fraction of sp³-hybridized carbons (Fsp3) is 0.125. The summed E-state index contributed by atoms with van der Waals surface area (Å²) in [6.45, 7) is 0.246. The SMILES string of the molecule is O=C(O)c1ccc(NCc2ncn(-c3ccc(OC(F)(F)F)cc3)n2)cn1. The van der Waals surface area contributed by atoms with E-state index in [-0.39, 0.29) is 18.0 Å². The van der Waals surface area contributed by atoms with Gasteiger partial charge in [0.25, 0.3) is 0 Å². The van der Waals surface area contributed by atoms with Gasteiger partial charge in [0.1, 0.15) is 17.8 Å². The maximum atomic E-state index is 12.2. The van der Waals surface area contributed by atoms with Crippen molar-refractivity contribution in [3.63, 3.8) is 0 Å². The summed E-state index contributed by atoms with van der Waals surface area (Å²) >= 11 is 0. The molecule has 3 rings (SSSR count). The largest absolute Gasteiger partial charge is 0.573 e. The second kappa shape index (κ2) is 7.32. The van der Waals surface area contributed by atoms with Crippen LogP contribution in [0.2, 0.25) is 0 Å². The van der Waals surface area contributed by atoms with E-state index < -0.39 is 12.3 Å². The third kappa shape index (κ3) is 4.93. The van der Waals surface area contributed by atoms with Gasteiger partial charge in [-0.25, -0.2) is 19.4 Å². The number of nitrogens with zero attached hydrogens (tertiary/aromatic N) is 4. The van der Waals surface area contributed by atoms with Crippen molar-refractivity contribution in [2.24, 2.45) is 0 Å². The lowest BCUT2D eigenvalue weighted by molar-refractivity contribution is -0.274. The smallest absolute Gasteiger partial charge is 0.477 e. The van der Waals surface area contributed by atoms with Gasteiger partial charge in [-0.05, 0) is 36.4 Å². The maximum absolute atomic E-state index is 12.2. The molecule has 0 amide bonds. The van der Waals surface area contributed by atoms with Gasteiger partial charge in [0.05, 0.1) is 24.1 Å². The number of alkyl halides is 3. The molecule has 0 bridgehead atoms. The van der Waals surface area contributed by atoms with Crippen LogP contribution in [0.5, 0.6) is 5.75 Å². The predicted octanol–water partition coefficient (Wildman–Crippen LogP) is 2.87. The number of anilines is 1. The zero-order valence-electron chi connectivity index (χ0n) is 13.5. The number of carbonyl (C=O) groups is 1. The first-order valence-corrected chi connectivity index (χ1v) is 7.50. The predicted molar refractivity (Wildman–Crippen MR) is 86.6 cm³/mol. The van der Waals surface area contributed by atoms with Crippen molar-refractivity contribution in [1.82, 2.24) is 19.7 Å². The van der Waals surface area contributed by atoms with Crippen molar-refractivity contribution in [2.75, 3.05) is 5.32 Å². The highest BCUT2D eigenvalue weighted by Crippen LogP contribution is 2.23. The number of hydrogen-bond acceptors (Lipinski definition) is 6. The summed E-state index contributed by atoms with van der Waals surface area (Å²) in [4.78, 5) is 18.6. The monoisotopic (exact) mass is 379 g/mol. The van der Waals surface area contributed by atoms with E-state index in [1.54, 1.807) is 6.07 Å². The van der Waals surface area contributed by atoms with Crippen molar-refractivity contribution in [3.8, 4) is 11.4 Å². The van der Waals surface area contributed by atoms with Crippen LogP contribution in [0.4, 0.5) is 18.9 Å². The van der Waals surface area contributed by atoms with Crippen LogP contribution in [0.1, 0.15) is 16.3 Å². The molecule has 8 nitrogen and oxygen atoms in total. The van der Waals surface area contributed by atoms with E-state index in [2.05, 4.69) is 25.1 Å². The number of pyridine rings is 1. The average Bonchev–Trinajstić information content (AvgIpc) is 3.08. The summed E-state index contributed by atoms with van der Waals surface area (Å²) in [7, 11) is 0. The lowest BCUT2D eigenvalue weighted by Crippen LogP contribution is -2.17. The number of hydrogen-bond donors (Lipinski definition) is 2. The fourth-order valence-electron chi connectivity index (χ4n) is 2.11. The summed E-state index contributed by atoms with van der Waals surface area (Å²) in [6, 6.07) is 8.12. The van der Waals surface area contributed by atoms with Crippen LogP contribution in [-0.4, -0.2) is 37.2 Å². The second-order valence-electron chi connectivity index (χ2n) is 5.24. The molecule has 0 fully saturated rings. The van der Waals surface area contributed by atoms with E-state index >= 15 is 0 Å². The number of carboxylic acids is 1. The molecule has 27 heavy (non-hydrogen) atoms. The molecule has 0 radical (unpaired) electrons. The molecule has 0 unspecified atom stereocenters. The molecule has 3 aromatic rings. The summed E-state index contributed by atoms with van der Waals surface area (Å²) in [5.41, 5.74) is 1.03. The van der Waals surface area contributed by atoms with Crippen LogP contribution in [0.3, 0.4) is 0 Å². The average molecular weight is 379 g/mol. The first-order valence-electron chi connectivity index (χ1n) is 7.50. The molecule has 2 aromatic heterocycles. The van der Waals surface area contributed by atoms with Crippen LogP contribution in [0.15, 0.2) is 48.9 Å². The highest BCUT2D eigenvalue weighted by Gasteiger charge is 2.30. The van der Waals surface area contributed by atoms with Crippen molar-refractivity contribution < 1.29 is 27.8 Å². The summed E-state index contributed by atoms with van der Waals surface area (Å²) in [6.07, 6.45) is -1.95. The number of benzene rings is 1. The quantitative estimate of drug-likeness (QED) is 0.679. The minimum Gasteiger partial charge on any atom is -0.477 e. The minimum absolute atomic E-state index is 0.0686. The van der Waals surface area contributed by atoms with Crippen molar-refractivity contribution >= 4 is 11.7 Å². The Hall–Kier alpha value is -3.63. The molecule has 0 aliphatic heterocycles. The van der Waals surface area contributed by atoms with Gasteiger partial charge >= 0.3 is 12.3 Å². The van der Waals surface area contributed by atoms with Crippen LogP contribution in [0, 0.1) is 0 Å². The van der Waals surface area contributed by atoms with Gasteiger partial charge in [-0.1, -0.05) is 0 Å². The third-order valence-electron chi connectivity index (χ3n) is 3.31. The number of ether oxygens (including phenoxy) is 1. The first kappa shape index (κ1) is 18.2. The Morgan fingerprint density at radius 2 is 1.89 bits per heavy atom. The van der Waals surface area contributed by atoms with Gasteiger partial charge < -0.3 is 15.2 Å². The van der Waals surface area contributed by atoms with Gasteiger partial charge in [-0.15, -0.1) is 18.3 Å². The zero-order chi connectivity index (χ0) is 19.4. The lowest BCUT2D eigenvalue weighted by Gasteiger charge is -2.09. The molecule has 2 heterocycles. The van der Waals surface area contributed by atoms with E-state index in [0.29, 0.717) is 17.2 Å². The van der Waals surface area contributed by atoms with Crippen LogP contribution >= 0.6 is 0 Å². The molecule has 140 valence electrons. The number of aromatic carboxylic acids is 1. The van der Waals surface area contributed by atoms with E-state index in [4.69, 9.17) is 5.11 Å². The first-order chi connectivity index (χ1) is 12.8. The lowest BCUT2D eigenvalue weighted by atomic mass is 10.3. The van der Waals surface area contributed by atoms with E-state index in [9.17, 15) is 18.0 Å². The molecule has 1 aromatic carbocycles. The van der Waals surface area contributed by atoms with Crippen LogP contribution < -0.4 is 10.1 Å². The Balaban J connectivity index is 1.62. The maximum Gasteiger partial charge on any atom is 0.573 e. The molecule has 11 heteroatoms. The van der Waals surface area contributed by atoms with Gasteiger partial charge in [0.15, 0.2) is 5.82 Å². The topological polar surface area (TPSA) is 102 Å². The molecule has 0 saturated carbocycles. The number of nitrogens with one attached hydrogen (secondary N) is 1. The van der Waals surface area contributed by atoms with Crippen molar-refractivity contribution in [2.45, 2.75) is 12.9 Å². The zero-order valence-corrected chi connectivity index (χ0v) is 13.5. The summed E-state index contributed by atoms with van der Waals surface area (Å²) in [5, 5.41) is 16.0. The Labute approximate surface area is 150 Å². The normalized spacial score (nSPS) is 11.2. The standard InChI is InChI=1S/C16H12F3N5O3/c17-16(18,19)27-12-4-2-11(3-5-12)24-9-22-14(23-24)8-20-10-1-6-13(15(25)26)21-7-10/h1-7,9,20H,8H2,(H,25,26). The van der Waals surface area contributed by atoms with E-state index in [1.807, 2.05) is 0 Å². The molecule has 0 aliphatic carbocycles. The Bertz CT molecular complexity index is 924. The molecule has 2 N–H and O–H groups in total. The number of carboxylic acid groups (broad SMARTS) is 1. The minimum atomic E-state index is -4.74. The number of aromatic nitrogens is 4. The Kier molecular flexibility index (Phi) is 4.92. The highest BCUT2D eigenvalue weighted by molar-refractivity contribution is 5.85. The fourth-order valence-corrected chi connectivity index (χ4v) is 2.11. The number of rotatable bonds is 6. The van der Waals surface area contributed by atoms with E-state index in [0.717, 1.165) is 0 Å². The van der Waals surface area contributed by atoms with Crippen molar-refractivity contribution in [1.29, 1.82) is 0 Å². The van der Waals surface area contributed by atoms with Crippen molar-refractivity contribution in [3.05, 3.63) is 60.4 Å². The molecule has 0 spiro atoms. The molecule has 0 aliphatic rings. The highest BCUT2D eigenvalue weighted by atomic mass is 19.4. The number of halogens is 3. The Morgan fingerprint density at radius 3 is 2.48 bits per heavy atom. The van der Waals surface area contributed by atoms with E-state index in [1.165, 1.54) is 47.5 Å². The molecular weight excluding hydrogens is 367 g/mol. The molecule has 0 saturated heterocycles. The third-order valence-corrected chi connectivity index (χ3v) is 3.31. The van der Waals surface area contributed by atoms with Gasteiger partial charge in [-0.3, -0.25) is 0 Å². The summed E-state index contributed by atoms with van der Waals surface area (Å²) in [5.74, 6) is -1.02. The van der Waals surface area contributed by atoms with Gasteiger partial charge in [-0.2, -0.15) is 0 Å². The van der Waals surface area contributed by atoms with Crippen LogP contribution in [-0.2, 0) is 6.54 Å². The van der Waals surface area contributed by atoms with Gasteiger partial charge in [0.2, 0.25) is 0 Å². The van der Waals surface area contributed by atoms with Crippen LogP contribution in [0.25, 0.3) is 5.69 Å². The molecule has 0 atom stereocenters. The van der Waals surface area contributed by atoms with Gasteiger partial charge in [0, 0.05) is 0 Å². The molecular formula is C16H12F3N5O3. The summed E-state index contributed by atoms with van der Waals surface area (Å²) < 4.78 is 41.7. The second-order valence-corrected chi connectivity index (χ2v) is 5.24. The Morgan fingerprint density at radius 1 is 1.15 bits per heavy atom.